The lowest BCUT2D eigenvalue weighted by Gasteiger charge is -2.38. The van der Waals surface area contributed by atoms with Gasteiger partial charge >= 0.3 is 0 Å². The summed E-state index contributed by atoms with van der Waals surface area (Å²) >= 11 is 1.54. The third-order valence-electron chi connectivity index (χ3n) is 4.22. The monoisotopic (exact) mass is 267 g/mol. The molecule has 18 heavy (non-hydrogen) atoms. The first kappa shape index (κ1) is 13.8. The van der Waals surface area contributed by atoms with Crippen LogP contribution in [0.1, 0.15) is 45.2 Å². The Morgan fingerprint density at radius 1 is 1.44 bits per heavy atom. The number of thiazole rings is 1. The number of hydrogen-bond acceptors (Lipinski definition) is 4. The molecule has 1 heterocycles. The molecular weight excluding hydrogens is 242 g/mol. The zero-order valence-electron chi connectivity index (χ0n) is 11.8. The maximum absolute atomic E-state index is 5.65. The number of nitrogens with zero attached hydrogens (tertiary/aromatic N) is 2. The van der Waals surface area contributed by atoms with Crippen LogP contribution in [0, 0.1) is 5.41 Å². The van der Waals surface area contributed by atoms with E-state index in [0.717, 1.165) is 24.7 Å². The van der Waals surface area contributed by atoms with Crippen molar-refractivity contribution in [3.63, 3.8) is 0 Å². The van der Waals surface area contributed by atoms with Crippen LogP contribution in [0.4, 0.5) is 5.13 Å². The first-order valence-corrected chi connectivity index (χ1v) is 7.74. The second kappa shape index (κ2) is 5.57. The number of anilines is 1. The van der Waals surface area contributed by atoms with E-state index in [1.165, 1.54) is 37.0 Å². The highest BCUT2D eigenvalue weighted by Crippen LogP contribution is 2.36. The molecule has 1 fully saturated rings. The van der Waals surface area contributed by atoms with Gasteiger partial charge in [-0.25, -0.2) is 4.98 Å². The number of nitrogen functional groups attached to an aromatic ring is 1. The highest BCUT2D eigenvalue weighted by Gasteiger charge is 2.28. The number of nitrogens with two attached hydrogens (primary N) is 1. The van der Waals surface area contributed by atoms with Gasteiger partial charge in [0.05, 0.1) is 5.69 Å². The van der Waals surface area contributed by atoms with Gasteiger partial charge in [0.2, 0.25) is 0 Å². The van der Waals surface area contributed by atoms with Crippen LogP contribution in [0.2, 0.25) is 0 Å². The minimum absolute atomic E-state index is 0.556. The van der Waals surface area contributed by atoms with Gasteiger partial charge in [-0.2, -0.15) is 0 Å². The SMILES string of the molecule is CN(CCc1csc(N)n1)C1CCC(C)(C)CC1. The van der Waals surface area contributed by atoms with Crippen molar-refractivity contribution in [2.75, 3.05) is 19.3 Å². The summed E-state index contributed by atoms with van der Waals surface area (Å²) in [5, 5.41) is 2.76. The quantitative estimate of drug-likeness (QED) is 0.911. The first-order chi connectivity index (χ1) is 8.46. The molecule has 4 heteroatoms. The molecule has 0 spiro atoms. The van der Waals surface area contributed by atoms with Crippen molar-refractivity contribution in [3.8, 4) is 0 Å². The maximum atomic E-state index is 5.65. The number of likely N-dealkylation sites (N-methyl/N-ethyl adjacent to an activating group) is 1. The van der Waals surface area contributed by atoms with Crippen molar-refractivity contribution in [3.05, 3.63) is 11.1 Å². The number of hydrogen-bond donors (Lipinski definition) is 1. The van der Waals surface area contributed by atoms with Crippen LogP contribution in [0.5, 0.6) is 0 Å². The second-order valence-electron chi connectivity index (χ2n) is 6.30. The van der Waals surface area contributed by atoms with Crippen LogP contribution in [-0.4, -0.2) is 29.5 Å². The number of rotatable bonds is 4. The number of aromatic nitrogens is 1. The predicted molar refractivity (Wildman–Crippen MR) is 78.9 cm³/mol. The largest absolute Gasteiger partial charge is 0.375 e. The van der Waals surface area contributed by atoms with Crippen LogP contribution < -0.4 is 5.73 Å². The molecule has 0 aliphatic heterocycles. The van der Waals surface area contributed by atoms with Gasteiger partial charge < -0.3 is 10.6 Å². The molecule has 0 atom stereocenters. The lowest BCUT2D eigenvalue weighted by atomic mass is 9.75. The van der Waals surface area contributed by atoms with Crippen molar-refractivity contribution in [1.82, 2.24) is 9.88 Å². The Hall–Kier alpha value is -0.610. The van der Waals surface area contributed by atoms with Gasteiger partial charge in [0.1, 0.15) is 0 Å². The Morgan fingerprint density at radius 2 is 2.11 bits per heavy atom. The fourth-order valence-corrected chi connectivity index (χ4v) is 3.33. The molecule has 0 radical (unpaired) electrons. The first-order valence-electron chi connectivity index (χ1n) is 6.86. The summed E-state index contributed by atoms with van der Waals surface area (Å²) in [5.41, 5.74) is 7.35. The molecule has 2 rings (SSSR count). The third kappa shape index (κ3) is 3.69. The molecule has 1 aromatic heterocycles. The van der Waals surface area contributed by atoms with Gasteiger partial charge in [-0.15, -0.1) is 11.3 Å². The van der Waals surface area contributed by atoms with E-state index in [4.69, 9.17) is 5.73 Å². The molecule has 1 aliphatic carbocycles. The highest BCUT2D eigenvalue weighted by atomic mass is 32.1. The van der Waals surface area contributed by atoms with E-state index < -0.39 is 0 Å². The lowest BCUT2D eigenvalue weighted by molar-refractivity contribution is 0.128. The maximum Gasteiger partial charge on any atom is 0.180 e. The molecule has 1 aliphatic rings. The van der Waals surface area contributed by atoms with Crippen molar-refractivity contribution in [2.45, 2.75) is 52.0 Å². The predicted octanol–water partition coefficient (Wildman–Crippen LogP) is 3.17. The average Bonchev–Trinajstić information content (AvgIpc) is 2.72. The fraction of sp³-hybridized carbons (Fsp3) is 0.786. The molecule has 0 amide bonds. The van der Waals surface area contributed by atoms with Gasteiger partial charge in [-0.3, -0.25) is 0 Å². The average molecular weight is 267 g/mol. The van der Waals surface area contributed by atoms with Crippen LogP contribution in [0.3, 0.4) is 0 Å². The zero-order chi connectivity index (χ0) is 13.2. The highest BCUT2D eigenvalue weighted by molar-refractivity contribution is 7.13. The second-order valence-corrected chi connectivity index (χ2v) is 7.19. The summed E-state index contributed by atoms with van der Waals surface area (Å²) in [6.45, 7) is 5.87. The normalized spacial score (nSPS) is 20.4. The summed E-state index contributed by atoms with van der Waals surface area (Å²) < 4.78 is 0. The summed E-state index contributed by atoms with van der Waals surface area (Å²) in [6.07, 6.45) is 6.40. The van der Waals surface area contributed by atoms with E-state index in [1.54, 1.807) is 0 Å². The van der Waals surface area contributed by atoms with Gasteiger partial charge in [-0.05, 0) is 38.1 Å². The molecule has 0 unspecified atom stereocenters. The summed E-state index contributed by atoms with van der Waals surface area (Å²) in [6, 6.07) is 0.758. The smallest absolute Gasteiger partial charge is 0.180 e. The molecule has 0 saturated heterocycles. The van der Waals surface area contributed by atoms with E-state index in [9.17, 15) is 0 Å². The van der Waals surface area contributed by atoms with Crippen LogP contribution >= 0.6 is 11.3 Å². The Labute approximate surface area is 114 Å². The van der Waals surface area contributed by atoms with Crippen molar-refractivity contribution in [2.24, 2.45) is 5.41 Å². The van der Waals surface area contributed by atoms with Crippen molar-refractivity contribution >= 4 is 16.5 Å². The van der Waals surface area contributed by atoms with Gasteiger partial charge in [0.15, 0.2) is 5.13 Å². The lowest BCUT2D eigenvalue weighted by Crippen LogP contribution is -2.38. The molecular formula is C14H25N3S. The van der Waals surface area contributed by atoms with Crippen molar-refractivity contribution in [1.29, 1.82) is 0 Å². The van der Waals surface area contributed by atoms with Gasteiger partial charge in [-0.1, -0.05) is 13.8 Å². The van der Waals surface area contributed by atoms with Crippen molar-refractivity contribution < 1.29 is 0 Å². The standard InChI is InChI=1S/C14H25N3S/c1-14(2)7-4-12(5-8-14)17(3)9-6-11-10-18-13(15)16-11/h10,12H,4-9H2,1-3H3,(H2,15,16). The molecule has 0 bridgehead atoms. The Bertz CT molecular complexity index is 376. The molecule has 1 aromatic rings. The Kier molecular flexibility index (Phi) is 4.28. The zero-order valence-corrected chi connectivity index (χ0v) is 12.6. The topological polar surface area (TPSA) is 42.1 Å². The fourth-order valence-electron chi connectivity index (χ4n) is 2.74. The van der Waals surface area contributed by atoms with Crippen LogP contribution in [0.15, 0.2) is 5.38 Å². The van der Waals surface area contributed by atoms with Gasteiger partial charge in [0, 0.05) is 24.4 Å². The van der Waals surface area contributed by atoms with E-state index >= 15 is 0 Å². The molecule has 3 nitrogen and oxygen atoms in total. The van der Waals surface area contributed by atoms with E-state index in [2.05, 4.69) is 36.2 Å². The Morgan fingerprint density at radius 3 is 2.67 bits per heavy atom. The van der Waals surface area contributed by atoms with Crippen LogP contribution in [0.25, 0.3) is 0 Å². The minimum atomic E-state index is 0.556. The Balaban J connectivity index is 1.77. The van der Waals surface area contributed by atoms with E-state index in [-0.39, 0.29) is 0 Å². The van der Waals surface area contributed by atoms with E-state index in [0.29, 0.717) is 10.5 Å². The molecule has 1 saturated carbocycles. The molecule has 102 valence electrons. The molecule has 2 N–H and O–H groups in total. The van der Waals surface area contributed by atoms with Crippen LogP contribution in [-0.2, 0) is 6.42 Å². The summed E-state index contributed by atoms with van der Waals surface area (Å²) in [7, 11) is 2.25. The summed E-state index contributed by atoms with van der Waals surface area (Å²) in [4.78, 5) is 6.83. The summed E-state index contributed by atoms with van der Waals surface area (Å²) in [5.74, 6) is 0. The minimum Gasteiger partial charge on any atom is -0.375 e. The molecule has 0 aromatic carbocycles. The third-order valence-corrected chi connectivity index (χ3v) is 4.94. The van der Waals surface area contributed by atoms with E-state index in [1.807, 2.05) is 0 Å². The van der Waals surface area contributed by atoms with Gasteiger partial charge in [0.25, 0.3) is 0 Å².